The highest BCUT2D eigenvalue weighted by atomic mass is 16.6. The van der Waals surface area contributed by atoms with E-state index in [1.165, 1.54) is 0 Å². The van der Waals surface area contributed by atoms with Crippen molar-refractivity contribution in [1.82, 2.24) is 10.2 Å². The van der Waals surface area contributed by atoms with Crippen LogP contribution in [0.2, 0.25) is 0 Å². The number of benzene rings is 1. The van der Waals surface area contributed by atoms with Gasteiger partial charge in [-0.3, -0.25) is 10.1 Å². The minimum Gasteiger partial charge on any atom is -0.317 e. The predicted molar refractivity (Wildman–Crippen MR) is 75.3 cm³/mol. The first kappa shape index (κ1) is 14.0. The van der Waals surface area contributed by atoms with Crippen molar-refractivity contribution in [1.29, 1.82) is 0 Å². The van der Waals surface area contributed by atoms with Gasteiger partial charge in [-0.2, -0.15) is 0 Å². The van der Waals surface area contributed by atoms with Gasteiger partial charge in [0.05, 0.1) is 4.92 Å². The third-order valence-electron chi connectivity index (χ3n) is 3.85. The molecule has 0 unspecified atom stereocenters. The van der Waals surface area contributed by atoms with Gasteiger partial charge in [0, 0.05) is 24.2 Å². The van der Waals surface area contributed by atoms with E-state index in [-0.39, 0.29) is 10.6 Å². The summed E-state index contributed by atoms with van der Waals surface area (Å²) < 4.78 is 0. The number of nitro benzene ring substituents is 1. The van der Waals surface area contributed by atoms with Gasteiger partial charge in [-0.1, -0.05) is 18.2 Å². The van der Waals surface area contributed by atoms with Gasteiger partial charge in [-0.05, 0) is 39.4 Å². The summed E-state index contributed by atoms with van der Waals surface area (Å²) in [6.07, 6.45) is 3.05. The zero-order valence-corrected chi connectivity index (χ0v) is 11.3. The number of nitrogens with zero attached hydrogens (tertiary/aromatic N) is 2. The Hall–Kier alpha value is -1.46. The first-order valence-corrected chi connectivity index (χ1v) is 6.81. The van der Waals surface area contributed by atoms with Gasteiger partial charge in [-0.15, -0.1) is 0 Å². The van der Waals surface area contributed by atoms with Crippen LogP contribution in [0.15, 0.2) is 24.3 Å². The van der Waals surface area contributed by atoms with Crippen molar-refractivity contribution >= 4 is 5.69 Å². The summed E-state index contributed by atoms with van der Waals surface area (Å²) in [5, 5.41) is 14.3. The van der Waals surface area contributed by atoms with Crippen LogP contribution in [0.3, 0.4) is 0 Å². The van der Waals surface area contributed by atoms with E-state index in [1.54, 1.807) is 12.1 Å². The average molecular weight is 263 g/mol. The number of hydrogen-bond donors (Lipinski definition) is 1. The Balaban J connectivity index is 1.92. The Morgan fingerprint density at radius 1 is 1.37 bits per heavy atom. The summed E-state index contributed by atoms with van der Waals surface area (Å²) in [5.74, 6) is 0. The Bertz CT molecular complexity index is 430. The highest BCUT2D eigenvalue weighted by molar-refractivity contribution is 5.39. The van der Waals surface area contributed by atoms with Crippen molar-refractivity contribution in [3.63, 3.8) is 0 Å². The third kappa shape index (κ3) is 3.75. The molecule has 5 nitrogen and oxygen atoms in total. The van der Waals surface area contributed by atoms with Gasteiger partial charge in [-0.25, -0.2) is 0 Å². The molecule has 1 heterocycles. The Kier molecular flexibility index (Phi) is 4.87. The Labute approximate surface area is 113 Å². The van der Waals surface area contributed by atoms with Crippen LogP contribution < -0.4 is 5.32 Å². The fourth-order valence-electron chi connectivity index (χ4n) is 2.63. The number of likely N-dealkylation sites (N-methyl/N-ethyl adjacent to an activating group) is 1. The Morgan fingerprint density at radius 2 is 2.05 bits per heavy atom. The summed E-state index contributed by atoms with van der Waals surface area (Å²) >= 11 is 0. The van der Waals surface area contributed by atoms with E-state index in [0.29, 0.717) is 6.04 Å². The summed E-state index contributed by atoms with van der Waals surface area (Å²) in [6, 6.07) is 7.63. The fraction of sp³-hybridized carbons (Fsp3) is 0.571. The maximum atomic E-state index is 11.0. The van der Waals surface area contributed by atoms with E-state index in [2.05, 4.69) is 17.3 Å². The fourth-order valence-corrected chi connectivity index (χ4v) is 2.63. The van der Waals surface area contributed by atoms with Crippen molar-refractivity contribution in [3.8, 4) is 0 Å². The van der Waals surface area contributed by atoms with Crippen molar-refractivity contribution in [2.24, 2.45) is 0 Å². The zero-order valence-electron chi connectivity index (χ0n) is 11.3. The van der Waals surface area contributed by atoms with Gasteiger partial charge in [0.25, 0.3) is 5.69 Å². The molecule has 1 aliphatic rings. The monoisotopic (exact) mass is 263 g/mol. The normalized spacial score (nSPS) is 16.7. The topological polar surface area (TPSA) is 58.4 Å². The van der Waals surface area contributed by atoms with Crippen molar-refractivity contribution < 1.29 is 4.92 Å². The molecule has 0 aliphatic carbocycles. The minimum absolute atomic E-state index is 0.237. The predicted octanol–water partition coefficient (Wildman–Crippen LogP) is 1.82. The number of para-hydroxylation sites is 1. The first-order valence-electron chi connectivity index (χ1n) is 6.81. The summed E-state index contributed by atoms with van der Waals surface area (Å²) in [6.45, 7) is 3.01. The number of nitro groups is 1. The van der Waals surface area contributed by atoms with E-state index < -0.39 is 0 Å². The molecule has 0 aromatic heterocycles. The standard InChI is InChI=1S/C14H21N3O2/c1-16(13-6-9-15-10-7-13)11-8-12-4-2-3-5-14(12)17(18)19/h2-5,13,15H,6-11H2,1H3. The minimum atomic E-state index is -0.292. The smallest absolute Gasteiger partial charge is 0.272 e. The summed E-state index contributed by atoms with van der Waals surface area (Å²) in [5.41, 5.74) is 1.06. The molecule has 1 aromatic rings. The van der Waals surface area contributed by atoms with E-state index in [4.69, 9.17) is 0 Å². The molecular formula is C14H21N3O2. The van der Waals surface area contributed by atoms with Crippen LogP contribution in [-0.2, 0) is 6.42 Å². The molecule has 1 fully saturated rings. The summed E-state index contributed by atoms with van der Waals surface area (Å²) in [4.78, 5) is 13.0. The number of piperidine rings is 1. The van der Waals surface area contributed by atoms with Gasteiger partial charge in [0.1, 0.15) is 0 Å². The number of hydrogen-bond acceptors (Lipinski definition) is 4. The second-order valence-corrected chi connectivity index (χ2v) is 5.10. The van der Waals surface area contributed by atoms with E-state index >= 15 is 0 Å². The van der Waals surface area contributed by atoms with E-state index in [1.807, 2.05) is 12.1 Å². The van der Waals surface area contributed by atoms with Gasteiger partial charge in [0.2, 0.25) is 0 Å². The van der Waals surface area contributed by atoms with Crippen molar-refractivity contribution in [2.75, 3.05) is 26.7 Å². The molecule has 19 heavy (non-hydrogen) atoms. The van der Waals surface area contributed by atoms with Crippen molar-refractivity contribution in [2.45, 2.75) is 25.3 Å². The van der Waals surface area contributed by atoms with Crippen LogP contribution in [0, 0.1) is 10.1 Å². The molecule has 1 saturated heterocycles. The van der Waals surface area contributed by atoms with Crippen LogP contribution in [0.5, 0.6) is 0 Å². The highest BCUT2D eigenvalue weighted by Gasteiger charge is 2.19. The number of nitrogens with one attached hydrogen (secondary N) is 1. The molecule has 0 radical (unpaired) electrons. The Morgan fingerprint density at radius 3 is 2.74 bits per heavy atom. The summed E-state index contributed by atoms with van der Waals surface area (Å²) in [7, 11) is 2.12. The first-order chi connectivity index (χ1) is 9.18. The SMILES string of the molecule is CN(CCc1ccccc1[N+](=O)[O-])C1CCNCC1. The molecule has 0 atom stereocenters. The zero-order chi connectivity index (χ0) is 13.7. The molecule has 0 amide bonds. The maximum absolute atomic E-state index is 11.0. The third-order valence-corrected chi connectivity index (χ3v) is 3.85. The molecule has 1 aromatic carbocycles. The van der Waals surface area contributed by atoms with Crippen LogP contribution in [0.4, 0.5) is 5.69 Å². The highest BCUT2D eigenvalue weighted by Crippen LogP contribution is 2.19. The molecule has 5 heteroatoms. The quantitative estimate of drug-likeness (QED) is 0.650. The van der Waals surface area contributed by atoms with Gasteiger partial charge in [0.15, 0.2) is 0 Å². The average Bonchev–Trinajstić information content (AvgIpc) is 2.46. The molecule has 0 bridgehead atoms. The lowest BCUT2D eigenvalue weighted by Crippen LogP contribution is -2.41. The molecule has 1 N–H and O–H groups in total. The molecule has 104 valence electrons. The maximum Gasteiger partial charge on any atom is 0.272 e. The second-order valence-electron chi connectivity index (χ2n) is 5.10. The molecule has 0 saturated carbocycles. The van der Waals surface area contributed by atoms with E-state index in [0.717, 1.165) is 44.5 Å². The lowest BCUT2D eigenvalue weighted by Gasteiger charge is -2.31. The molecular weight excluding hydrogens is 242 g/mol. The lowest BCUT2D eigenvalue weighted by atomic mass is 10.0. The van der Waals surface area contributed by atoms with Gasteiger partial charge < -0.3 is 10.2 Å². The largest absolute Gasteiger partial charge is 0.317 e. The van der Waals surface area contributed by atoms with Crippen LogP contribution in [-0.4, -0.2) is 42.5 Å². The van der Waals surface area contributed by atoms with E-state index in [9.17, 15) is 10.1 Å². The van der Waals surface area contributed by atoms with Crippen LogP contribution in [0.25, 0.3) is 0 Å². The van der Waals surface area contributed by atoms with Crippen molar-refractivity contribution in [3.05, 3.63) is 39.9 Å². The second kappa shape index (κ2) is 6.63. The van der Waals surface area contributed by atoms with Crippen LogP contribution in [0.1, 0.15) is 18.4 Å². The lowest BCUT2D eigenvalue weighted by molar-refractivity contribution is -0.385. The molecule has 2 rings (SSSR count). The van der Waals surface area contributed by atoms with Gasteiger partial charge >= 0.3 is 0 Å². The number of rotatable bonds is 5. The van der Waals surface area contributed by atoms with Crippen LogP contribution >= 0.6 is 0 Å². The molecule has 1 aliphatic heterocycles. The molecule has 0 spiro atoms.